The van der Waals surface area contributed by atoms with Gasteiger partial charge in [0.2, 0.25) is 0 Å². The van der Waals surface area contributed by atoms with Crippen LogP contribution in [-0.2, 0) is 0 Å². The molecular formula is C16H20FN5O2. The quantitative estimate of drug-likeness (QED) is 0.849. The topological polar surface area (TPSA) is 75.4 Å². The molecule has 1 aliphatic heterocycles. The molecule has 0 saturated carbocycles. The zero-order valence-electron chi connectivity index (χ0n) is 13.9. The predicted octanol–water partition coefficient (Wildman–Crippen LogP) is 1.77. The van der Waals surface area contributed by atoms with Crippen LogP contribution in [0.15, 0.2) is 22.9 Å². The first-order chi connectivity index (χ1) is 11.5. The van der Waals surface area contributed by atoms with E-state index in [1.54, 1.807) is 44.1 Å². The second kappa shape index (κ2) is 6.54. The molecule has 24 heavy (non-hydrogen) atoms. The Kier molecular flexibility index (Phi) is 4.46. The van der Waals surface area contributed by atoms with Crippen LogP contribution in [0.4, 0.5) is 10.2 Å². The number of carbonyl (C=O) groups excluding carboxylic acids is 1. The van der Waals surface area contributed by atoms with Gasteiger partial charge in [-0.05, 0) is 26.0 Å². The Hall–Kier alpha value is -2.51. The average molecular weight is 333 g/mol. The number of amides is 1. The molecule has 0 unspecified atom stereocenters. The molecule has 0 bridgehead atoms. The predicted molar refractivity (Wildman–Crippen MR) is 85.6 cm³/mol. The highest BCUT2D eigenvalue weighted by atomic mass is 19.1. The summed E-state index contributed by atoms with van der Waals surface area (Å²) in [4.78, 5) is 16.1. The fourth-order valence-electron chi connectivity index (χ4n) is 3.14. The van der Waals surface area contributed by atoms with Crippen LogP contribution in [0.5, 0.6) is 0 Å². The number of hydrogen-bond acceptors (Lipinski definition) is 6. The van der Waals surface area contributed by atoms with Crippen molar-refractivity contribution in [1.29, 1.82) is 0 Å². The second-order valence-corrected chi connectivity index (χ2v) is 6.11. The van der Waals surface area contributed by atoms with E-state index in [4.69, 9.17) is 4.52 Å². The first-order valence-electron chi connectivity index (χ1n) is 7.84. The molecule has 1 saturated heterocycles. The van der Waals surface area contributed by atoms with Crippen LogP contribution in [0.2, 0.25) is 0 Å². The molecule has 2 atom stereocenters. The molecule has 2 aromatic rings. The monoisotopic (exact) mass is 333 g/mol. The molecule has 1 fully saturated rings. The van der Waals surface area contributed by atoms with Gasteiger partial charge in [0, 0.05) is 26.2 Å². The van der Waals surface area contributed by atoms with Crippen molar-refractivity contribution >= 4 is 11.7 Å². The summed E-state index contributed by atoms with van der Waals surface area (Å²) in [6.45, 7) is 4.09. The molecule has 0 N–H and O–H groups in total. The summed E-state index contributed by atoms with van der Waals surface area (Å²) in [6.07, 6.45) is 0.990. The van der Waals surface area contributed by atoms with Crippen molar-refractivity contribution in [2.45, 2.75) is 32.5 Å². The third-order valence-corrected chi connectivity index (χ3v) is 4.29. The number of anilines is 1. The van der Waals surface area contributed by atoms with Crippen LogP contribution in [0.25, 0.3) is 0 Å². The van der Waals surface area contributed by atoms with E-state index in [0.29, 0.717) is 35.8 Å². The van der Waals surface area contributed by atoms with E-state index in [9.17, 15) is 9.18 Å². The summed E-state index contributed by atoms with van der Waals surface area (Å²) in [5, 5.41) is 11.7. The Bertz CT molecular complexity index is 701. The van der Waals surface area contributed by atoms with Gasteiger partial charge in [-0.25, -0.2) is 4.39 Å². The molecule has 0 aliphatic carbocycles. The van der Waals surface area contributed by atoms with Crippen molar-refractivity contribution in [3.05, 3.63) is 35.3 Å². The van der Waals surface area contributed by atoms with Crippen molar-refractivity contribution < 1.29 is 13.7 Å². The maximum atomic E-state index is 13.9. The van der Waals surface area contributed by atoms with Crippen LogP contribution >= 0.6 is 0 Å². The highest BCUT2D eigenvalue weighted by Gasteiger charge is 2.35. The van der Waals surface area contributed by atoms with Crippen molar-refractivity contribution in [2.75, 3.05) is 25.0 Å². The van der Waals surface area contributed by atoms with Gasteiger partial charge in [-0.15, -0.1) is 5.10 Å². The maximum Gasteiger partial charge on any atom is 0.259 e. The van der Waals surface area contributed by atoms with Crippen LogP contribution in [0.3, 0.4) is 0 Å². The summed E-state index contributed by atoms with van der Waals surface area (Å²) in [5.41, 5.74) is 1.03. The van der Waals surface area contributed by atoms with Crippen LogP contribution < -0.4 is 4.90 Å². The number of halogens is 1. The molecule has 1 amide bonds. The van der Waals surface area contributed by atoms with Gasteiger partial charge in [-0.1, -0.05) is 5.16 Å². The minimum Gasteiger partial charge on any atom is -0.361 e. The van der Waals surface area contributed by atoms with Crippen LogP contribution in [-0.4, -0.2) is 58.5 Å². The third-order valence-electron chi connectivity index (χ3n) is 4.29. The molecule has 1 aliphatic rings. The molecule has 2 aromatic heterocycles. The summed E-state index contributed by atoms with van der Waals surface area (Å²) < 4.78 is 19.0. The Labute approximate surface area is 139 Å². The van der Waals surface area contributed by atoms with E-state index in [1.165, 1.54) is 0 Å². The number of nitrogens with zero attached hydrogens (tertiary/aromatic N) is 5. The van der Waals surface area contributed by atoms with Crippen molar-refractivity contribution in [3.8, 4) is 0 Å². The standard InChI is InChI=1S/C16H20FN5O2/c1-10-15(11(2)24-20-10)16(23)21(3)9-13-7-12(17)8-22(13)14-5-4-6-18-19-14/h4-6,12-13H,7-9H2,1-3H3/t12-,13-/m0/s1. The van der Waals surface area contributed by atoms with Gasteiger partial charge in [-0.2, -0.15) is 5.10 Å². The Morgan fingerprint density at radius 1 is 1.50 bits per heavy atom. The fraction of sp³-hybridized carbons (Fsp3) is 0.500. The van der Waals surface area contributed by atoms with Gasteiger partial charge in [0.05, 0.1) is 18.3 Å². The first kappa shape index (κ1) is 16.4. The van der Waals surface area contributed by atoms with E-state index in [1.807, 2.05) is 4.90 Å². The fourth-order valence-corrected chi connectivity index (χ4v) is 3.14. The lowest BCUT2D eigenvalue weighted by Crippen LogP contribution is -2.41. The zero-order chi connectivity index (χ0) is 17.3. The number of carbonyl (C=O) groups is 1. The number of alkyl halides is 1. The van der Waals surface area contributed by atoms with E-state index in [-0.39, 0.29) is 18.5 Å². The lowest BCUT2D eigenvalue weighted by Gasteiger charge is -2.28. The maximum absolute atomic E-state index is 13.9. The highest BCUT2D eigenvalue weighted by Crippen LogP contribution is 2.26. The van der Waals surface area contributed by atoms with E-state index in [2.05, 4.69) is 15.4 Å². The van der Waals surface area contributed by atoms with Crippen LogP contribution in [0, 0.1) is 13.8 Å². The highest BCUT2D eigenvalue weighted by molar-refractivity contribution is 5.96. The van der Waals surface area contributed by atoms with Crippen molar-refractivity contribution in [1.82, 2.24) is 20.3 Å². The number of aromatic nitrogens is 3. The molecule has 128 valence electrons. The Morgan fingerprint density at radius 3 is 2.92 bits per heavy atom. The summed E-state index contributed by atoms with van der Waals surface area (Å²) >= 11 is 0. The van der Waals surface area contributed by atoms with Gasteiger partial charge in [0.15, 0.2) is 5.82 Å². The molecular weight excluding hydrogens is 313 g/mol. The summed E-state index contributed by atoms with van der Waals surface area (Å²) in [6, 6.07) is 3.42. The number of rotatable bonds is 4. The van der Waals surface area contributed by atoms with Crippen molar-refractivity contribution in [2.24, 2.45) is 0 Å². The number of likely N-dealkylation sites (N-methyl/N-ethyl adjacent to an activating group) is 1. The van der Waals surface area contributed by atoms with E-state index in [0.717, 1.165) is 0 Å². The minimum absolute atomic E-state index is 0.147. The first-order valence-corrected chi connectivity index (χ1v) is 7.84. The molecule has 3 rings (SSSR count). The normalized spacial score (nSPS) is 20.4. The zero-order valence-corrected chi connectivity index (χ0v) is 13.9. The largest absolute Gasteiger partial charge is 0.361 e. The van der Waals surface area contributed by atoms with Gasteiger partial charge in [0.25, 0.3) is 5.91 Å². The smallest absolute Gasteiger partial charge is 0.259 e. The molecule has 3 heterocycles. The molecule has 8 heteroatoms. The lowest BCUT2D eigenvalue weighted by atomic mass is 10.1. The van der Waals surface area contributed by atoms with Crippen LogP contribution in [0.1, 0.15) is 28.2 Å². The summed E-state index contributed by atoms with van der Waals surface area (Å²) in [5.74, 6) is 0.943. The second-order valence-electron chi connectivity index (χ2n) is 6.11. The number of hydrogen-bond donors (Lipinski definition) is 0. The molecule has 7 nitrogen and oxygen atoms in total. The van der Waals surface area contributed by atoms with E-state index < -0.39 is 6.17 Å². The Morgan fingerprint density at radius 2 is 2.29 bits per heavy atom. The third kappa shape index (κ3) is 3.08. The van der Waals surface area contributed by atoms with Gasteiger partial charge in [0.1, 0.15) is 17.5 Å². The van der Waals surface area contributed by atoms with Gasteiger partial charge < -0.3 is 14.3 Å². The number of aryl methyl sites for hydroxylation is 2. The minimum atomic E-state index is -0.945. The molecule has 0 spiro atoms. The van der Waals surface area contributed by atoms with Gasteiger partial charge >= 0.3 is 0 Å². The van der Waals surface area contributed by atoms with Crippen molar-refractivity contribution in [3.63, 3.8) is 0 Å². The molecule has 0 radical (unpaired) electrons. The lowest BCUT2D eigenvalue weighted by molar-refractivity contribution is 0.0783. The summed E-state index contributed by atoms with van der Waals surface area (Å²) in [7, 11) is 1.70. The Balaban J connectivity index is 1.75. The molecule has 0 aromatic carbocycles. The van der Waals surface area contributed by atoms with Gasteiger partial charge in [-0.3, -0.25) is 4.79 Å². The SMILES string of the molecule is Cc1noc(C)c1C(=O)N(C)C[C@@H]1C[C@H](F)CN1c1cccnn1. The average Bonchev–Trinajstić information content (AvgIpc) is 3.10. The van der Waals surface area contributed by atoms with E-state index >= 15 is 0 Å².